The van der Waals surface area contributed by atoms with Crippen molar-refractivity contribution >= 4 is 11.7 Å². The van der Waals surface area contributed by atoms with E-state index in [1.54, 1.807) is 9.47 Å². The number of hydrogen-bond donors (Lipinski definition) is 2. The Bertz CT molecular complexity index is 818. The molecule has 8 heteroatoms. The van der Waals surface area contributed by atoms with Gasteiger partial charge in [0, 0.05) is 18.8 Å². The zero-order valence-electron chi connectivity index (χ0n) is 14.7. The van der Waals surface area contributed by atoms with Gasteiger partial charge in [-0.1, -0.05) is 12.1 Å². The molecule has 0 spiro atoms. The Morgan fingerprint density at radius 3 is 2.92 bits per heavy atom. The zero-order chi connectivity index (χ0) is 18.0. The second-order valence-corrected chi connectivity index (χ2v) is 7.05. The van der Waals surface area contributed by atoms with Crippen LogP contribution < -0.4 is 11.0 Å². The summed E-state index contributed by atoms with van der Waals surface area (Å²) >= 11 is 0. The molecule has 0 saturated heterocycles. The number of aromatic nitrogens is 3. The quantitative estimate of drug-likeness (QED) is 0.889. The minimum Gasteiger partial charge on any atom is -0.371 e. The highest BCUT2D eigenvalue weighted by molar-refractivity contribution is 5.89. The highest BCUT2D eigenvalue weighted by atomic mass is 16.5. The standard InChI is InChI=1S/C17H23N5O3/c1-17(2,3)25-11-12-5-4-6-13(9-12)18-15(23)21-7-8-22-14(10-21)19-20-16(22)24/h4-6,9H,7-8,10-11H2,1-3H3,(H,18,23)(H,20,24). The van der Waals surface area contributed by atoms with E-state index in [2.05, 4.69) is 15.5 Å². The normalized spacial score (nSPS) is 14.3. The highest BCUT2D eigenvalue weighted by Gasteiger charge is 2.23. The summed E-state index contributed by atoms with van der Waals surface area (Å²) in [6, 6.07) is 7.38. The molecule has 0 aliphatic carbocycles. The van der Waals surface area contributed by atoms with Crippen molar-refractivity contribution in [2.45, 2.75) is 46.1 Å². The van der Waals surface area contributed by atoms with E-state index in [9.17, 15) is 9.59 Å². The fourth-order valence-corrected chi connectivity index (χ4v) is 2.59. The van der Waals surface area contributed by atoms with Gasteiger partial charge in [0.05, 0.1) is 18.8 Å². The molecule has 1 aromatic carbocycles. The first-order valence-electron chi connectivity index (χ1n) is 8.25. The van der Waals surface area contributed by atoms with Gasteiger partial charge in [-0.2, -0.15) is 5.10 Å². The number of anilines is 1. The summed E-state index contributed by atoms with van der Waals surface area (Å²) in [7, 11) is 0. The summed E-state index contributed by atoms with van der Waals surface area (Å²) in [5.74, 6) is 0.568. The summed E-state index contributed by atoms with van der Waals surface area (Å²) in [6.07, 6.45) is 0. The lowest BCUT2D eigenvalue weighted by Crippen LogP contribution is -2.42. The maximum Gasteiger partial charge on any atom is 0.343 e. The second kappa shape index (κ2) is 6.72. The van der Waals surface area contributed by atoms with Crippen molar-refractivity contribution in [3.05, 3.63) is 46.1 Å². The monoisotopic (exact) mass is 345 g/mol. The first-order chi connectivity index (χ1) is 11.8. The van der Waals surface area contributed by atoms with E-state index in [1.165, 1.54) is 0 Å². The fraction of sp³-hybridized carbons (Fsp3) is 0.471. The van der Waals surface area contributed by atoms with Crippen molar-refractivity contribution in [2.24, 2.45) is 0 Å². The fourth-order valence-electron chi connectivity index (χ4n) is 2.59. The molecule has 2 aromatic rings. The number of amides is 2. The van der Waals surface area contributed by atoms with E-state index in [0.29, 0.717) is 37.8 Å². The first-order valence-corrected chi connectivity index (χ1v) is 8.25. The number of carbonyl (C=O) groups excluding carboxylic acids is 1. The van der Waals surface area contributed by atoms with Crippen LogP contribution >= 0.6 is 0 Å². The van der Waals surface area contributed by atoms with Gasteiger partial charge in [-0.25, -0.2) is 14.7 Å². The predicted octanol–water partition coefficient (Wildman–Crippen LogP) is 1.93. The van der Waals surface area contributed by atoms with Gasteiger partial charge in [-0.15, -0.1) is 0 Å². The number of nitrogens with zero attached hydrogens (tertiary/aromatic N) is 3. The molecule has 8 nitrogen and oxygen atoms in total. The van der Waals surface area contributed by atoms with Crippen molar-refractivity contribution < 1.29 is 9.53 Å². The number of fused-ring (bicyclic) bond motifs is 1. The van der Waals surface area contributed by atoms with Crippen LogP contribution in [0.2, 0.25) is 0 Å². The Balaban J connectivity index is 1.62. The largest absolute Gasteiger partial charge is 0.371 e. The number of aromatic amines is 1. The zero-order valence-corrected chi connectivity index (χ0v) is 14.7. The van der Waals surface area contributed by atoms with Crippen LogP contribution in [0.25, 0.3) is 0 Å². The average molecular weight is 345 g/mol. The smallest absolute Gasteiger partial charge is 0.343 e. The summed E-state index contributed by atoms with van der Waals surface area (Å²) < 4.78 is 7.32. The number of nitrogens with one attached hydrogen (secondary N) is 2. The summed E-state index contributed by atoms with van der Waals surface area (Å²) in [6.45, 7) is 7.70. The minimum absolute atomic E-state index is 0.212. The third-order valence-corrected chi connectivity index (χ3v) is 3.90. The Morgan fingerprint density at radius 1 is 1.36 bits per heavy atom. The van der Waals surface area contributed by atoms with Gasteiger partial charge >= 0.3 is 11.7 Å². The van der Waals surface area contributed by atoms with Gasteiger partial charge in [-0.3, -0.25) is 4.57 Å². The molecule has 0 fully saturated rings. The van der Waals surface area contributed by atoms with Crippen molar-refractivity contribution in [1.29, 1.82) is 0 Å². The molecule has 1 aliphatic heterocycles. The highest BCUT2D eigenvalue weighted by Crippen LogP contribution is 2.17. The number of hydrogen-bond acceptors (Lipinski definition) is 4. The van der Waals surface area contributed by atoms with Gasteiger partial charge in [0.25, 0.3) is 0 Å². The third-order valence-electron chi connectivity index (χ3n) is 3.90. The predicted molar refractivity (Wildman–Crippen MR) is 93.3 cm³/mol. The summed E-state index contributed by atoms with van der Waals surface area (Å²) in [5.41, 5.74) is 1.26. The van der Waals surface area contributed by atoms with Gasteiger partial charge in [0.15, 0.2) is 5.82 Å². The van der Waals surface area contributed by atoms with Crippen LogP contribution in [0, 0.1) is 0 Å². The Kier molecular flexibility index (Phi) is 4.63. The molecule has 1 aliphatic rings. The van der Waals surface area contributed by atoms with E-state index in [-0.39, 0.29) is 17.3 Å². The Labute approximate surface area is 145 Å². The van der Waals surface area contributed by atoms with Crippen LogP contribution in [0.5, 0.6) is 0 Å². The maximum atomic E-state index is 12.5. The lowest BCUT2D eigenvalue weighted by atomic mass is 10.1. The number of ether oxygens (including phenoxy) is 1. The molecule has 134 valence electrons. The molecule has 0 atom stereocenters. The molecular formula is C17H23N5O3. The number of rotatable bonds is 3. The van der Waals surface area contributed by atoms with Crippen molar-refractivity contribution in [2.75, 3.05) is 11.9 Å². The summed E-state index contributed by atoms with van der Waals surface area (Å²) in [5, 5.41) is 9.24. The van der Waals surface area contributed by atoms with Gasteiger partial charge in [0.2, 0.25) is 0 Å². The number of urea groups is 1. The van der Waals surface area contributed by atoms with E-state index < -0.39 is 0 Å². The molecule has 0 radical (unpaired) electrons. The van der Waals surface area contributed by atoms with Crippen molar-refractivity contribution in [3.8, 4) is 0 Å². The first kappa shape index (κ1) is 17.2. The van der Waals surface area contributed by atoms with Crippen LogP contribution in [0.4, 0.5) is 10.5 Å². The van der Waals surface area contributed by atoms with Crippen molar-refractivity contribution in [3.63, 3.8) is 0 Å². The van der Waals surface area contributed by atoms with E-state index in [1.807, 2.05) is 45.0 Å². The Morgan fingerprint density at radius 2 is 2.16 bits per heavy atom. The lowest BCUT2D eigenvalue weighted by molar-refractivity contribution is -0.0149. The number of H-pyrrole nitrogens is 1. The molecule has 3 rings (SSSR count). The van der Waals surface area contributed by atoms with Gasteiger partial charge in [0.1, 0.15) is 0 Å². The molecular weight excluding hydrogens is 322 g/mol. The Hall–Kier alpha value is -2.61. The molecule has 2 heterocycles. The second-order valence-electron chi connectivity index (χ2n) is 7.05. The van der Waals surface area contributed by atoms with Crippen LogP contribution in [-0.4, -0.2) is 37.8 Å². The molecule has 0 bridgehead atoms. The number of benzene rings is 1. The maximum absolute atomic E-state index is 12.5. The van der Waals surface area contributed by atoms with Gasteiger partial charge in [-0.05, 0) is 38.5 Å². The number of carbonyl (C=O) groups is 1. The van der Waals surface area contributed by atoms with Crippen LogP contribution in [0.3, 0.4) is 0 Å². The lowest BCUT2D eigenvalue weighted by Gasteiger charge is -2.27. The molecule has 2 N–H and O–H groups in total. The summed E-state index contributed by atoms with van der Waals surface area (Å²) in [4.78, 5) is 25.6. The van der Waals surface area contributed by atoms with E-state index >= 15 is 0 Å². The average Bonchev–Trinajstić information content (AvgIpc) is 2.93. The topological polar surface area (TPSA) is 92.2 Å². The van der Waals surface area contributed by atoms with Crippen molar-refractivity contribution in [1.82, 2.24) is 19.7 Å². The molecule has 2 amide bonds. The van der Waals surface area contributed by atoms with Crippen LogP contribution in [-0.2, 0) is 24.4 Å². The molecule has 25 heavy (non-hydrogen) atoms. The van der Waals surface area contributed by atoms with E-state index in [0.717, 1.165) is 5.56 Å². The minimum atomic E-state index is -0.235. The van der Waals surface area contributed by atoms with Crippen LogP contribution in [0.15, 0.2) is 29.1 Å². The molecule has 1 aromatic heterocycles. The van der Waals surface area contributed by atoms with Crippen LogP contribution in [0.1, 0.15) is 32.2 Å². The van der Waals surface area contributed by atoms with Gasteiger partial charge < -0.3 is 15.0 Å². The molecule has 0 saturated carbocycles. The third kappa shape index (κ3) is 4.27. The SMILES string of the molecule is CC(C)(C)OCc1cccc(NC(=O)N2CCn3c(n[nH]c3=O)C2)c1. The molecule has 0 unspecified atom stereocenters. The van der Waals surface area contributed by atoms with E-state index in [4.69, 9.17) is 4.74 Å².